The van der Waals surface area contributed by atoms with E-state index in [0.717, 1.165) is 50.4 Å². The average molecular weight is 309 g/mol. The Hall–Kier alpha value is -1.20. The largest absolute Gasteiger partial charge is 0.366 e. The summed E-state index contributed by atoms with van der Waals surface area (Å²) in [6.45, 7) is 2.97. The summed E-state index contributed by atoms with van der Waals surface area (Å²) in [4.78, 5) is 2.30. The number of aryl methyl sites for hydroxylation is 1. The number of halogens is 1. The minimum atomic E-state index is -0.164. The number of nitrogens with one attached hydrogen (secondary N) is 2. The molecule has 2 rings (SSSR count). The molecule has 3 nitrogen and oxygen atoms in total. The molecule has 1 aliphatic rings. The maximum absolute atomic E-state index is 12.8. The summed E-state index contributed by atoms with van der Waals surface area (Å²) in [6, 6.07) is 7.30. The van der Waals surface area contributed by atoms with E-state index >= 15 is 0 Å². The Morgan fingerprint density at radius 3 is 2.86 bits per heavy atom. The Morgan fingerprint density at radius 1 is 1.38 bits per heavy atom. The molecule has 1 aliphatic heterocycles. The van der Waals surface area contributed by atoms with E-state index in [2.05, 4.69) is 15.5 Å². The van der Waals surface area contributed by atoms with Crippen molar-refractivity contribution in [3.63, 3.8) is 0 Å². The molecular weight excluding hydrogens is 285 g/mol. The lowest BCUT2D eigenvalue weighted by Gasteiger charge is -2.37. The molecular formula is C16H24FN3S. The van der Waals surface area contributed by atoms with E-state index in [4.69, 9.17) is 12.2 Å². The Morgan fingerprint density at radius 2 is 2.14 bits per heavy atom. The van der Waals surface area contributed by atoms with Crippen molar-refractivity contribution in [2.75, 3.05) is 26.7 Å². The lowest BCUT2D eigenvalue weighted by Crippen LogP contribution is -2.55. The van der Waals surface area contributed by atoms with Crippen LogP contribution in [0.3, 0.4) is 0 Å². The number of piperazine rings is 1. The van der Waals surface area contributed by atoms with Gasteiger partial charge in [-0.2, -0.15) is 0 Å². The van der Waals surface area contributed by atoms with Gasteiger partial charge in [0.05, 0.1) is 0 Å². The van der Waals surface area contributed by atoms with Crippen LogP contribution in [0.1, 0.15) is 24.8 Å². The van der Waals surface area contributed by atoms with Crippen molar-refractivity contribution in [3.8, 4) is 0 Å². The molecule has 1 heterocycles. The van der Waals surface area contributed by atoms with Gasteiger partial charge in [0, 0.05) is 32.7 Å². The van der Waals surface area contributed by atoms with Gasteiger partial charge in [-0.15, -0.1) is 0 Å². The number of hydrogen-bond acceptors (Lipinski definition) is 2. The first-order valence-corrected chi connectivity index (χ1v) is 8.05. The molecule has 1 atom stereocenters. The molecule has 0 radical (unpaired) electrons. The molecule has 1 unspecified atom stereocenters. The van der Waals surface area contributed by atoms with Gasteiger partial charge in [0.1, 0.15) is 5.82 Å². The molecule has 1 fully saturated rings. The fourth-order valence-corrected chi connectivity index (χ4v) is 3.03. The van der Waals surface area contributed by atoms with E-state index in [1.165, 1.54) is 17.7 Å². The van der Waals surface area contributed by atoms with Crippen molar-refractivity contribution in [1.29, 1.82) is 0 Å². The first-order valence-electron chi connectivity index (χ1n) is 7.64. The zero-order valence-corrected chi connectivity index (χ0v) is 13.4. The van der Waals surface area contributed by atoms with Crippen LogP contribution in [-0.2, 0) is 6.42 Å². The van der Waals surface area contributed by atoms with Gasteiger partial charge in [0.2, 0.25) is 0 Å². The van der Waals surface area contributed by atoms with E-state index in [0.29, 0.717) is 6.04 Å². The zero-order valence-electron chi connectivity index (χ0n) is 12.6. The molecule has 116 valence electrons. The Labute approximate surface area is 131 Å². The van der Waals surface area contributed by atoms with Gasteiger partial charge in [0.15, 0.2) is 5.11 Å². The number of nitrogens with zero attached hydrogens (tertiary/aromatic N) is 1. The van der Waals surface area contributed by atoms with Crippen molar-refractivity contribution in [2.24, 2.45) is 0 Å². The number of rotatable bonds is 5. The van der Waals surface area contributed by atoms with Crippen molar-refractivity contribution in [2.45, 2.75) is 31.7 Å². The number of thiocarbonyl (C=S) groups is 1. The van der Waals surface area contributed by atoms with E-state index in [1.54, 1.807) is 0 Å². The van der Waals surface area contributed by atoms with Gasteiger partial charge in [-0.1, -0.05) is 18.6 Å². The quantitative estimate of drug-likeness (QED) is 0.645. The third-order valence-electron chi connectivity index (χ3n) is 3.99. The standard InChI is InChI=1S/C16H24FN3S/c1-18-16(21)20-11-10-19-12-15(20)5-3-2-4-13-6-8-14(17)9-7-13/h6-9,15,19H,2-5,10-12H2,1H3,(H,18,21). The van der Waals surface area contributed by atoms with Gasteiger partial charge in [-0.05, 0) is 49.2 Å². The van der Waals surface area contributed by atoms with Crippen LogP contribution >= 0.6 is 12.2 Å². The summed E-state index contributed by atoms with van der Waals surface area (Å²) in [7, 11) is 1.88. The topological polar surface area (TPSA) is 27.3 Å². The minimum absolute atomic E-state index is 0.164. The van der Waals surface area contributed by atoms with Crippen LogP contribution in [0.15, 0.2) is 24.3 Å². The molecule has 0 bridgehead atoms. The molecule has 2 N–H and O–H groups in total. The summed E-state index contributed by atoms with van der Waals surface area (Å²) in [6.07, 6.45) is 4.43. The van der Waals surface area contributed by atoms with E-state index in [-0.39, 0.29) is 5.82 Å². The predicted octanol–water partition coefficient (Wildman–Crippen LogP) is 2.32. The third kappa shape index (κ3) is 4.93. The molecule has 0 saturated carbocycles. The first kappa shape index (κ1) is 16.2. The summed E-state index contributed by atoms with van der Waals surface area (Å²) < 4.78 is 12.8. The van der Waals surface area contributed by atoms with Crippen LogP contribution < -0.4 is 10.6 Å². The molecule has 1 saturated heterocycles. The van der Waals surface area contributed by atoms with Gasteiger partial charge < -0.3 is 15.5 Å². The SMILES string of the molecule is CNC(=S)N1CCNCC1CCCCc1ccc(F)cc1. The second-order valence-corrected chi connectivity index (χ2v) is 5.87. The van der Waals surface area contributed by atoms with Crippen LogP contribution in [-0.4, -0.2) is 42.7 Å². The van der Waals surface area contributed by atoms with Crippen molar-refractivity contribution >= 4 is 17.3 Å². The molecule has 0 aliphatic carbocycles. The van der Waals surface area contributed by atoms with Gasteiger partial charge in [-0.25, -0.2) is 4.39 Å². The zero-order chi connectivity index (χ0) is 15.1. The van der Waals surface area contributed by atoms with Gasteiger partial charge in [-0.3, -0.25) is 0 Å². The fourth-order valence-electron chi connectivity index (χ4n) is 2.79. The van der Waals surface area contributed by atoms with Crippen molar-refractivity contribution in [3.05, 3.63) is 35.6 Å². The normalized spacial score (nSPS) is 18.6. The maximum atomic E-state index is 12.8. The molecule has 0 aromatic heterocycles. The monoisotopic (exact) mass is 309 g/mol. The van der Waals surface area contributed by atoms with Crippen LogP contribution in [0.5, 0.6) is 0 Å². The van der Waals surface area contributed by atoms with Crippen LogP contribution in [0.4, 0.5) is 4.39 Å². The predicted molar refractivity (Wildman–Crippen MR) is 89.0 cm³/mol. The lowest BCUT2D eigenvalue weighted by molar-refractivity contribution is 0.239. The summed E-state index contributed by atoms with van der Waals surface area (Å²) in [5, 5.41) is 7.37. The van der Waals surface area contributed by atoms with Crippen molar-refractivity contribution < 1.29 is 4.39 Å². The fraction of sp³-hybridized carbons (Fsp3) is 0.562. The Bertz CT molecular complexity index is 449. The molecule has 0 spiro atoms. The molecule has 0 amide bonds. The smallest absolute Gasteiger partial charge is 0.169 e. The maximum Gasteiger partial charge on any atom is 0.169 e. The van der Waals surface area contributed by atoms with Gasteiger partial charge >= 0.3 is 0 Å². The third-order valence-corrected chi connectivity index (χ3v) is 4.43. The highest BCUT2D eigenvalue weighted by Crippen LogP contribution is 2.14. The van der Waals surface area contributed by atoms with E-state index in [9.17, 15) is 4.39 Å². The second kappa shape index (κ2) is 8.29. The Balaban J connectivity index is 1.73. The summed E-state index contributed by atoms with van der Waals surface area (Å²) >= 11 is 5.37. The van der Waals surface area contributed by atoms with E-state index in [1.807, 2.05) is 19.2 Å². The summed E-state index contributed by atoms with van der Waals surface area (Å²) in [5.41, 5.74) is 1.21. The van der Waals surface area contributed by atoms with E-state index < -0.39 is 0 Å². The number of benzene rings is 1. The van der Waals surface area contributed by atoms with Crippen LogP contribution in [0.2, 0.25) is 0 Å². The van der Waals surface area contributed by atoms with Gasteiger partial charge in [0.25, 0.3) is 0 Å². The van der Waals surface area contributed by atoms with Crippen LogP contribution in [0.25, 0.3) is 0 Å². The highest BCUT2D eigenvalue weighted by atomic mass is 32.1. The molecule has 21 heavy (non-hydrogen) atoms. The first-order chi connectivity index (χ1) is 10.2. The number of unbranched alkanes of at least 4 members (excludes halogenated alkanes) is 1. The second-order valence-electron chi connectivity index (χ2n) is 5.48. The summed E-state index contributed by atoms with van der Waals surface area (Å²) in [5.74, 6) is -0.164. The minimum Gasteiger partial charge on any atom is -0.366 e. The highest BCUT2D eigenvalue weighted by Gasteiger charge is 2.22. The molecule has 1 aromatic rings. The van der Waals surface area contributed by atoms with Crippen molar-refractivity contribution in [1.82, 2.24) is 15.5 Å². The Kier molecular flexibility index (Phi) is 6.39. The molecule has 1 aromatic carbocycles. The molecule has 5 heteroatoms. The number of hydrogen-bond donors (Lipinski definition) is 2. The average Bonchev–Trinajstić information content (AvgIpc) is 2.53. The highest BCUT2D eigenvalue weighted by molar-refractivity contribution is 7.80. The lowest BCUT2D eigenvalue weighted by atomic mass is 10.0. The van der Waals surface area contributed by atoms with Crippen LogP contribution in [0, 0.1) is 5.82 Å².